The molecule has 0 aromatic heterocycles. The van der Waals surface area contributed by atoms with Crippen molar-refractivity contribution in [3.63, 3.8) is 0 Å². The first kappa shape index (κ1) is 51.8. The Bertz CT molecular complexity index is 851. The molecule has 0 heterocycles. The van der Waals surface area contributed by atoms with E-state index in [-0.39, 0.29) is 34.8 Å². The molecule has 2 N–H and O–H groups in total. The molecule has 0 bridgehead atoms. The molecule has 0 aromatic carbocycles. The fraction of sp³-hybridized carbons (Fsp3) is 0.978. The molecule has 7 heteroatoms. The Balaban J connectivity index is 5.42. The van der Waals surface area contributed by atoms with Crippen LogP contribution >= 0.6 is 0 Å². The van der Waals surface area contributed by atoms with Crippen molar-refractivity contribution in [3.8, 4) is 0 Å². The lowest BCUT2D eigenvalue weighted by atomic mass is 9.99. The smallest absolute Gasteiger partial charge is 0.220 e. The van der Waals surface area contributed by atoms with E-state index in [1.165, 1.54) is 135 Å². The molecule has 52 heavy (non-hydrogen) atoms. The molecular formula is C45H95NO4Si2. The Kier molecular flexibility index (Phi) is 29.0. The molecule has 0 aromatic rings. The van der Waals surface area contributed by atoms with Gasteiger partial charge in [0, 0.05) is 6.42 Å². The number of carbonyl (C=O) groups excluding carboxylic acids is 1. The Morgan fingerprint density at radius 1 is 0.538 bits per heavy atom. The summed E-state index contributed by atoms with van der Waals surface area (Å²) in [5, 5.41) is 14.2. The highest BCUT2D eigenvalue weighted by atomic mass is 28.4. The van der Waals surface area contributed by atoms with Crippen molar-refractivity contribution < 1.29 is 18.8 Å². The number of unbranched alkanes of at least 4 members (excludes halogenated alkanes) is 22. The summed E-state index contributed by atoms with van der Waals surface area (Å²) in [4.78, 5) is 13.4. The summed E-state index contributed by atoms with van der Waals surface area (Å²) in [6.07, 6.45) is 32.0. The van der Waals surface area contributed by atoms with E-state index in [1.807, 2.05) is 0 Å². The summed E-state index contributed by atoms with van der Waals surface area (Å²) in [6, 6.07) is -0.481. The molecule has 0 unspecified atom stereocenters. The fourth-order valence-corrected chi connectivity index (χ4v) is 9.32. The summed E-state index contributed by atoms with van der Waals surface area (Å²) in [5.41, 5.74) is 0. The minimum Gasteiger partial charge on any atom is -0.411 e. The average Bonchev–Trinajstić information content (AvgIpc) is 3.05. The zero-order chi connectivity index (χ0) is 39.5. The predicted molar refractivity (Wildman–Crippen MR) is 235 cm³/mol. The van der Waals surface area contributed by atoms with Gasteiger partial charge in [0.25, 0.3) is 0 Å². The van der Waals surface area contributed by atoms with Crippen LogP contribution in [0.4, 0.5) is 0 Å². The second kappa shape index (κ2) is 29.1. The number of amides is 1. The molecule has 0 spiro atoms. The minimum atomic E-state index is -2.25. The third kappa shape index (κ3) is 24.3. The van der Waals surface area contributed by atoms with E-state index >= 15 is 0 Å². The van der Waals surface area contributed by atoms with E-state index in [1.54, 1.807) is 0 Å². The molecule has 0 aliphatic rings. The highest BCUT2D eigenvalue weighted by molar-refractivity contribution is 6.74. The Labute approximate surface area is 329 Å². The Morgan fingerprint density at radius 3 is 1.21 bits per heavy atom. The van der Waals surface area contributed by atoms with Gasteiger partial charge in [-0.05, 0) is 49.1 Å². The third-order valence-corrected chi connectivity index (χ3v) is 21.4. The molecule has 0 rings (SSSR count). The van der Waals surface area contributed by atoms with E-state index in [0.717, 1.165) is 25.7 Å². The van der Waals surface area contributed by atoms with Crippen molar-refractivity contribution in [2.75, 3.05) is 6.61 Å². The summed E-state index contributed by atoms with van der Waals surface area (Å²) in [7, 11) is -4.41. The number of hydrogen-bond donors (Lipinski definition) is 2. The van der Waals surface area contributed by atoms with Crippen molar-refractivity contribution in [1.29, 1.82) is 0 Å². The van der Waals surface area contributed by atoms with Crippen LogP contribution in [-0.4, -0.2) is 52.5 Å². The second-order valence-electron chi connectivity index (χ2n) is 19.4. The van der Waals surface area contributed by atoms with Gasteiger partial charge in [-0.25, -0.2) is 0 Å². The van der Waals surface area contributed by atoms with Gasteiger partial charge in [-0.1, -0.05) is 203 Å². The van der Waals surface area contributed by atoms with Gasteiger partial charge in [-0.15, -0.1) is 0 Å². The molecule has 0 radical (unpaired) electrons. The molecule has 0 aliphatic carbocycles. The molecule has 3 atom stereocenters. The van der Waals surface area contributed by atoms with Gasteiger partial charge in [0.05, 0.1) is 24.9 Å². The standard InChI is InChI=1S/C45H95NO4Si2/c1-13-15-17-19-21-23-25-27-29-31-33-35-37-41(49-51(9,10)44(3,4)5)43(50-52(11,12)45(6,7)8)40(39-47)46-42(48)38-36-34-32-30-28-26-24-22-20-18-16-14-2/h40-41,43,47H,13-39H2,1-12H3,(H,46,48)/t40-,41+,43-/m0/s1. The maximum atomic E-state index is 13.4. The molecular weight excluding hydrogens is 675 g/mol. The monoisotopic (exact) mass is 770 g/mol. The van der Waals surface area contributed by atoms with Crippen LogP contribution in [-0.2, 0) is 13.6 Å². The molecule has 5 nitrogen and oxygen atoms in total. The number of nitrogens with one attached hydrogen (secondary N) is 1. The number of carbonyl (C=O) groups is 1. The van der Waals surface area contributed by atoms with Gasteiger partial charge in [0.15, 0.2) is 16.6 Å². The van der Waals surface area contributed by atoms with Gasteiger partial charge < -0.3 is 19.3 Å². The van der Waals surface area contributed by atoms with E-state index in [0.29, 0.717) is 6.42 Å². The summed E-state index contributed by atoms with van der Waals surface area (Å²) < 4.78 is 14.5. The molecule has 0 fully saturated rings. The van der Waals surface area contributed by atoms with Crippen molar-refractivity contribution in [1.82, 2.24) is 5.32 Å². The number of hydrogen-bond acceptors (Lipinski definition) is 4. The zero-order valence-electron chi connectivity index (χ0n) is 37.5. The van der Waals surface area contributed by atoms with E-state index in [9.17, 15) is 9.90 Å². The summed E-state index contributed by atoms with van der Waals surface area (Å²) >= 11 is 0. The highest BCUT2D eigenvalue weighted by Crippen LogP contribution is 2.41. The van der Waals surface area contributed by atoms with Crippen molar-refractivity contribution >= 4 is 22.5 Å². The first-order chi connectivity index (χ1) is 24.4. The Hall–Kier alpha value is -0.216. The number of rotatable bonds is 34. The molecule has 0 saturated heterocycles. The fourth-order valence-electron chi connectivity index (χ4n) is 6.60. The molecule has 1 amide bonds. The van der Waals surface area contributed by atoms with Gasteiger partial charge in [0.2, 0.25) is 5.91 Å². The SMILES string of the molecule is CCCCCCCCCCCCCCC(=O)N[C@@H](CO)[C@H](O[Si](C)(C)C(C)(C)C)[C@@H](CCCCCCCCCCCCCC)O[Si](C)(C)C(C)(C)C. The molecule has 0 saturated carbocycles. The quantitative estimate of drug-likeness (QED) is 0.0505. The van der Waals surface area contributed by atoms with Gasteiger partial charge in [-0.2, -0.15) is 0 Å². The topological polar surface area (TPSA) is 67.8 Å². The Morgan fingerprint density at radius 2 is 0.865 bits per heavy atom. The zero-order valence-corrected chi connectivity index (χ0v) is 39.5. The highest BCUT2D eigenvalue weighted by Gasteiger charge is 2.46. The van der Waals surface area contributed by atoms with Crippen LogP contribution in [0.1, 0.15) is 222 Å². The van der Waals surface area contributed by atoms with Crippen LogP contribution < -0.4 is 5.32 Å². The normalized spacial score (nSPS) is 14.8. The van der Waals surface area contributed by atoms with Crippen molar-refractivity contribution in [2.45, 2.75) is 277 Å². The lowest BCUT2D eigenvalue weighted by Gasteiger charge is -2.47. The first-order valence-electron chi connectivity index (χ1n) is 22.7. The molecule has 0 aliphatic heterocycles. The van der Waals surface area contributed by atoms with E-state index in [2.05, 4.69) is 86.9 Å². The van der Waals surface area contributed by atoms with Crippen LogP contribution in [0, 0.1) is 0 Å². The third-order valence-electron chi connectivity index (χ3n) is 12.4. The van der Waals surface area contributed by atoms with Crippen molar-refractivity contribution in [2.24, 2.45) is 0 Å². The number of aliphatic hydroxyl groups excluding tert-OH is 1. The predicted octanol–water partition coefficient (Wildman–Crippen LogP) is 14.4. The minimum absolute atomic E-state index is 0.00183. The van der Waals surface area contributed by atoms with Crippen molar-refractivity contribution in [3.05, 3.63) is 0 Å². The van der Waals surface area contributed by atoms with Crippen LogP contribution in [0.15, 0.2) is 0 Å². The maximum Gasteiger partial charge on any atom is 0.220 e. The van der Waals surface area contributed by atoms with Gasteiger partial charge in [0.1, 0.15) is 0 Å². The van der Waals surface area contributed by atoms with Gasteiger partial charge >= 0.3 is 0 Å². The van der Waals surface area contributed by atoms with Crippen LogP contribution in [0.3, 0.4) is 0 Å². The maximum absolute atomic E-state index is 13.4. The van der Waals surface area contributed by atoms with Crippen LogP contribution in [0.2, 0.25) is 36.3 Å². The van der Waals surface area contributed by atoms with Crippen LogP contribution in [0.25, 0.3) is 0 Å². The molecule has 312 valence electrons. The van der Waals surface area contributed by atoms with E-state index in [4.69, 9.17) is 8.85 Å². The number of aliphatic hydroxyl groups is 1. The summed E-state index contributed by atoms with van der Waals surface area (Å²) in [5.74, 6) is 0.0337. The first-order valence-corrected chi connectivity index (χ1v) is 28.5. The lowest BCUT2D eigenvalue weighted by Crippen LogP contribution is -2.59. The summed E-state index contributed by atoms with van der Waals surface area (Å²) in [6.45, 7) is 27.3. The second-order valence-corrected chi connectivity index (χ2v) is 28.9. The van der Waals surface area contributed by atoms with Gasteiger partial charge in [-0.3, -0.25) is 4.79 Å². The lowest BCUT2D eigenvalue weighted by molar-refractivity contribution is -0.124. The largest absolute Gasteiger partial charge is 0.411 e. The van der Waals surface area contributed by atoms with Crippen LogP contribution in [0.5, 0.6) is 0 Å². The average molecular weight is 770 g/mol. The van der Waals surface area contributed by atoms with E-state index < -0.39 is 22.7 Å².